The highest BCUT2D eigenvalue weighted by atomic mass is 16.5. The Morgan fingerprint density at radius 3 is 3.00 bits per heavy atom. The third kappa shape index (κ3) is 3.98. The highest BCUT2D eigenvalue weighted by Gasteiger charge is 2.05. The molecule has 0 spiro atoms. The number of methoxy groups -OCH3 is 1. The van der Waals surface area contributed by atoms with Crippen LogP contribution in [0.15, 0.2) is 30.6 Å². The van der Waals surface area contributed by atoms with E-state index < -0.39 is 0 Å². The number of carbonyl (C=O) groups is 1. The van der Waals surface area contributed by atoms with Crippen LogP contribution < -0.4 is 15.4 Å². The van der Waals surface area contributed by atoms with Gasteiger partial charge in [-0.1, -0.05) is 12.1 Å². The van der Waals surface area contributed by atoms with Crippen molar-refractivity contribution in [2.24, 2.45) is 0 Å². The molecule has 0 fully saturated rings. The Labute approximate surface area is 116 Å². The minimum Gasteiger partial charge on any atom is -0.495 e. The second kappa shape index (κ2) is 7.13. The number of H-pyrrole nitrogens is 1. The number of carbonyl (C=O) groups excluding carboxylic acids is 1. The fourth-order valence-corrected chi connectivity index (χ4v) is 1.72. The van der Waals surface area contributed by atoms with Gasteiger partial charge in [0.25, 0.3) is 0 Å². The first-order chi connectivity index (χ1) is 9.79. The fraction of sp³-hybridized carbons (Fsp3) is 0.308. The third-order valence-corrected chi connectivity index (χ3v) is 2.70. The molecule has 106 valence electrons. The summed E-state index contributed by atoms with van der Waals surface area (Å²) in [5.74, 6) is 1.45. The predicted octanol–water partition coefficient (Wildman–Crippen LogP) is 1.57. The van der Waals surface area contributed by atoms with E-state index in [9.17, 15) is 4.79 Å². The topological polar surface area (TPSA) is 91.9 Å². The number of anilines is 1. The predicted molar refractivity (Wildman–Crippen MR) is 74.7 cm³/mol. The van der Waals surface area contributed by atoms with Crippen molar-refractivity contribution in [3.8, 4) is 5.75 Å². The highest BCUT2D eigenvalue weighted by Crippen LogP contribution is 2.22. The lowest BCUT2D eigenvalue weighted by Crippen LogP contribution is -2.29. The van der Waals surface area contributed by atoms with Crippen molar-refractivity contribution in [1.82, 2.24) is 20.5 Å². The van der Waals surface area contributed by atoms with Crippen LogP contribution in [0.1, 0.15) is 12.2 Å². The summed E-state index contributed by atoms with van der Waals surface area (Å²) in [6, 6.07) is 7.00. The number of hydrogen-bond acceptors (Lipinski definition) is 4. The number of hydrogen-bond donors (Lipinski definition) is 3. The third-order valence-electron chi connectivity index (χ3n) is 2.70. The van der Waals surface area contributed by atoms with Crippen LogP contribution in [-0.4, -0.2) is 34.9 Å². The van der Waals surface area contributed by atoms with Gasteiger partial charge in [0, 0.05) is 13.0 Å². The summed E-state index contributed by atoms with van der Waals surface area (Å²) in [4.78, 5) is 15.7. The average Bonchev–Trinajstić information content (AvgIpc) is 2.97. The van der Waals surface area contributed by atoms with Crippen molar-refractivity contribution < 1.29 is 9.53 Å². The van der Waals surface area contributed by atoms with Crippen LogP contribution in [0.3, 0.4) is 0 Å². The molecule has 0 bridgehead atoms. The first-order valence-corrected chi connectivity index (χ1v) is 6.31. The van der Waals surface area contributed by atoms with Crippen molar-refractivity contribution in [2.45, 2.75) is 12.8 Å². The van der Waals surface area contributed by atoms with E-state index in [2.05, 4.69) is 25.8 Å². The van der Waals surface area contributed by atoms with Crippen LogP contribution in [0.4, 0.5) is 10.5 Å². The lowest BCUT2D eigenvalue weighted by atomic mass is 10.3. The Bertz CT molecular complexity index is 541. The monoisotopic (exact) mass is 275 g/mol. The number of rotatable bonds is 6. The molecule has 1 heterocycles. The second-order valence-electron chi connectivity index (χ2n) is 4.12. The van der Waals surface area contributed by atoms with Gasteiger partial charge in [-0.15, -0.1) is 0 Å². The summed E-state index contributed by atoms with van der Waals surface area (Å²) in [5, 5.41) is 12.1. The molecule has 0 aliphatic heterocycles. The van der Waals surface area contributed by atoms with Crippen molar-refractivity contribution in [2.75, 3.05) is 19.0 Å². The zero-order valence-corrected chi connectivity index (χ0v) is 11.2. The summed E-state index contributed by atoms with van der Waals surface area (Å²) in [5.41, 5.74) is 0.641. The number of aromatic amines is 1. The molecule has 1 aromatic carbocycles. The maximum atomic E-state index is 11.7. The maximum Gasteiger partial charge on any atom is 0.319 e. The average molecular weight is 275 g/mol. The zero-order chi connectivity index (χ0) is 14.2. The zero-order valence-electron chi connectivity index (χ0n) is 11.2. The number of benzene rings is 1. The maximum absolute atomic E-state index is 11.7. The van der Waals surface area contributed by atoms with Crippen molar-refractivity contribution in [1.29, 1.82) is 0 Å². The van der Waals surface area contributed by atoms with Gasteiger partial charge >= 0.3 is 6.03 Å². The van der Waals surface area contributed by atoms with Gasteiger partial charge in [0.2, 0.25) is 0 Å². The number of aryl methyl sites for hydroxylation is 1. The van der Waals surface area contributed by atoms with Crippen LogP contribution >= 0.6 is 0 Å². The van der Waals surface area contributed by atoms with E-state index in [1.54, 1.807) is 19.2 Å². The van der Waals surface area contributed by atoms with E-state index in [1.807, 2.05) is 12.1 Å². The molecule has 0 saturated carbocycles. The van der Waals surface area contributed by atoms with Gasteiger partial charge in [-0.25, -0.2) is 9.78 Å². The Balaban J connectivity index is 1.72. The molecule has 0 unspecified atom stereocenters. The summed E-state index contributed by atoms with van der Waals surface area (Å²) >= 11 is 0. The molecule has 2 aromatic rings. The van der Waals surface area contributed by atoms with Gasteiger partial charge in [-0.3, -0.25) is 5.10 Å². The molecule has 3 N–H and O–H groups in total. The lowest BCUT2D eigenvalue weighted by molar-refractivity contribution is 0.252. The number of urea groups is 1. The van der Waals surface area contributed by atoms with Crippen molar-refractivity contribution in [3.05, 3.63) is 36.4 Å². The molecule has 1 aromatic heterocycles. The van der Waals surface area contributed by atoms with Gasteiger partial charge in [0.1, 0.15) is 17.9 Å². The summed E-state index contributed by atoms with van der Waals surface area (Å²) in [7, 11) is 1.57. The van der Waals surface area contributed by atoms with E-state index in [1.165, 1.54) is 6.33 Å². The van der Waals surface area contributed by atoms with Crippen molar-refractivity contribution in [3.63, 3.8) is 0 Å². The Kier molecular flexibility index (Phi) is 4.94. The van der Waals surface area contributed by atoms with Gasteiger partial charge in [-0.2, -0.15) is 5.10 Å². The lowest BCUT2D eigenvalue weighted by Gasteiger charge is -2.10. The quantitative estimate of drug-likeness (QED) is 0.698. The summed E-state index contributed by atoms with van der Waals surface area (Å²) < 4.78 is 5.16. The van der Waals surface area contributed by atoms with Crippen LogP contribution in [0.25, 0.3) is 0 Å². The van der Waals surface area contributed by atoms with E-state index in [-0.39, 0.29) is 6.03 Å². The molecule has 2 rings (SSSR count). The van der Waals surface area contributed by atoms with Crippen LogP contribution in [0.5, 0.6) is 5.75 Å². The van der Waals surface area contributed by atoms with Crippen LogP contribution in [0.2, 0.25) is 0 Å². The minimum absolute atomic E-state index is 0.257. The fourth-order valence-electron chi connectivity index (χ4n) is 1.72. The molecule has 0 radical (unpaired) electrons. The molecular formula is C13H17N5O2. The molecule has 0 aliphatic carbocycles. The number of nitrogens with zero attached hydrogens (tertiary/aromatic N) is 2. The SMILES string of the molecule is COc1ccccc1NC(=O)NCCCc1ncn[nH]1. The molecule has 7 nitrogen and oxygen atoms in total. The minimum atomic E-state index is -0.257. The molecule has 0 aliphatic rings. The van der Waals surface area contributed by atoms with Gasteiger partial charge in [-0.05, 0) is 18.6 Å². The van der Waals surface area contributed by atoms with Crippen LogP contribution in [0, 0.1) is 0 Å². The first kappa shape index (κ1) is 13.9. The van der Waals surface area contributed by atoms with E-state index in [0.29, 0.717) is 18.0 Å². The molecule has 0 atom stereocenters. The highest BCUT2D eigenvalue weighted by molar-refractivity contribution is 5.90. The van der Waals surface area contributed by atoms with Crippen molar-refractivity contribution >= 4 is 11.7 Å². The van der Waals surface area contributed by atoms with Gasteiger partial charge in [0.05, 0.1) is 12.8 Å². The second-order valence-corrected chi connectivity index (χ2v) is 4.12. The number of amides is 2. The summed E-state index contributed by atoms with van der Waals surface area (Å²) in [6.45, 7) is 0.557. The number of aromatic nitrogens is 3. The standard InChI is InChI=1S/C13H17N5O2/c1-20-11-6-3-2-5-10(11)17-13(19)14-8-4-7-12-15-9-16-18-12/h2-3,5-6,9H,4,7-8H2,1H3,(H2,14,17,19)(H,15,16,18). The Morgan fingerprint density at radius 2 is 2.25 bits per heavy atom. The normalized spacial score (nSPS) is 10.1. The largest absolute Gasteiger partial charge is 0.495 e. The molecular weight excluding hydrogens is 258 g/mol. The van der Waals surface area contributed by atoms with E-state index >= 15 is 0 Å². The first-order valence-electron chi connectivity index (χ1n) is 6.31. The Morgan fingerprint density at radius 1 is 1.40 bits per heavy atom. The number of ether oxygens (including phenoxy) is 1. The molecule has 7 heteroatoms. The smallest absolute Gasteiger partial charge is 0.319 e. The molecule has 0 saturated heterocycles. The number of nitrogens with one attached hydrogen (secondary N) is 3. The summed E-state index contributed by atoms with van der Waals surface area (Å²) in [6.07, 6.45) is 3.00. The van der Waals surface area contributed by atoms with Crippen LogP contribution in [-0.2, 0) is 6.42 Å². The van der Waals surface area contributed by atoms with E-state index in [0.717, 1.165) is 18.7 Å². The van der Waals surface area contributed by atoms with Gasteiger partial charge in [0.15, 0.2) is 0 Å². The Hall–Kier alpha value is -2.57. The number of para-hydroxylation sites is 2. The molecule has 20 heavy (non-hydrogen) atoms. The van der Waals surface area contributed by atoms with Gasteiger partial charge < -0.3 is 15.4 Å². The molecule has 2 amide bonds. The van der Waals surface area contributed by atoms with E-state index in [4.69, 9.17) is 4.74 Å².